The minimum absolute atomic E-state index is 0. The van der Waals surface area contributed by atoms with Gasteiger partial charge in [-0.3, -0.25) is 4.79 Å². The quantitative estimate of drug-likeness (QED) is 0.905. The number of halogens is 1. The van der Waals surface area contributed by atoms with E-state index in [-0.39, 0.29) is 18.3 Å². The molecule has 3 nitrogen and oxygen atoms in total. The highest BCUT2D eigenvalue weighted by molar-refractivity contribution is 5.94. The molecule has 2 N–H and O–H groups in total. The third-order valence-electron chi connectivity index (χ3n) is 4.07. The van der Waals surface area contributed by atoms with Crippen LogP contribution in [0.1, 0.15) is 47.5 Å². The van der Waals surface area contributed by atoms with Gasteiger partial charge in [-0.05, 0) is 43.4 Å². The van der Waals surface area contributed by atoms with Gasteiger partial charge in [0.1, 0.15) is 0 Å². The summed E-state index contributed by atoms with van der Waals surface area (Å²) in [5.74, 6) is 0.700. The maximum Gasteiger partial charge on any atom is 0.253 e. The Morgan fingerprint density at radius 1 is 1.11 bits per heavy atom. The Morgan fingerprint density at radius 2 is 1.68 bits per heavy atom. The van der Waals surface area contributed by atoms with Gasteiger partial charge in [-0.2, -0.15) is 0 Å². The van der Waals surface area contributed by atoms with Gasteiger partial charge in [-0.15, -0.1) is 12.4 Å². The standard InChI is InChI=1S/C15H20N2O.ClH/c16-14-10-13(14)11-4-6-12(7-5-11)15(18)17-8-2-1-3-9-17;/h4-7,13-14H,1-3,8-10,16H2;1H/t13-,14+;/m0./s1. The van der Waals surface area contributed by atoms with Gasteiger partial charge in [0.2, 0.25) is 0 Å². The minimum Gasteiger partial charge on any atom is -0.339 e. The maximum absolute atomic E-state index is 12.3. The second-order valence-electron chi connectivity index (χ2n) is 5.48. The van der Waals surface area contributed by atoms with Crippen LogP contribution in [0.3, 0.4) is 0 Å². The number of nitrogens with zero attached hydrogens (tertiary/aromatic N) is 1. The zero-order valence-electron chi connectivity index (χ0n) is 11.0. The van der Waals surface area contributed by atoms with Gasteiger partial charge in [0.05, 0.1) is 0 Å². The molecule has 0 spiro atoms. The highest BCUT2D eigenvalue weighted by Gasteiger charge is 2.34. The molecule has 1 aliphatic heterocycles. The Hall–Kier alpha value is -1.06. The van der Waals surface area contributed by atoms with Crippen LogP contribution in [0.4, 0.5) is 0 Å². The van der Waals surface area contributed by atoms with Gasteiger partial charge in [0.15, 0.2) is 0 Å². The summed E-state index contributed by atoms with van der Waals surface area (Å²) in [5.41, 5.74) is 7.93. The molecule has 1 aromatic rings. The Bertz CT molecular complexity index is 440. The molecule has 0 bridgehead atoms. The molecule has 2 atom stereocenters. The van der Waals surface area contributed by atoms with Crippen molar-refractivity contribution in [3.05, 3.63) is 35.4 Å². The number of amides is 1. The molecule has 1 saturated carbocycles. The zero-order valence-corrected chi connectivity index (χ0v) is 11.9. The number of hydrogen-bond donors (Lipinski definition) is 1. The predicted molar refractivity (Wildman–Crippen MR) is 78.8 cm³/mol. The second kappa shape index (κ2) is 5.93. The molecule has 0 aromatic heterocycles. The number of hydrogen-bond acceptors (Lipinski definition) is 2. The van der Waals surface area contributed by atoms with Crippen LogP contribution in [0.5, 0.6) is 0 Å². The molecule has 1 saturated heterocycles. The number of nitrogens with two attached hydrogens (primary N) is 1. The van der Waals surface area contributed by atoms with E-state index in [4.69, 9.17) is 5.73 Å². The third kappa shape index (κ3) is 3.10. The maximum atomic E-state index is 12.3. The van der Waals surface area contributed by atoms with Crippen LogP contribution < -0.4 is 5.73 Å². The lowest BCUT2D eigenvalue weighted by Gasteiger charge is -2.26. The first-order chi connectivity index (χ1) is 8.75. The van der Waals surface area contributed by atoms with Crippen LogP contribution in [0.2, 0.25) is 0 Å². The van der Waals surface area contributed by atoms with Crippen molar-refractivity contribution in [3.63, 3.8) is 0 Å². The summed E-state index contributed by atoms with van der Waals surface area (Å²) < 4.78 is 0. The summed E-state index contributed by atoms with van der Waals surface area (Å²) in [6.45, 7) is 1.82. The van der Waals surface area contributed by atoms with Gasteiger partial charge < -0.3 is 10.6 Å². The monoisotopic (exact) mass is 280 g/mol. The van der Waals surface area contributed by atoms with Crippen molar-refractivity contribution >= 4 is 18.3 Å². The summed E-state index contributed by atoms with van der Waals surface area (Å²) in [5, 5.41) is 0. The Labute approximate surface area is 120 Å². The molecule has 2 fully saturated rings. The molecule has 19 heavy (non-hydrogen) atoms. The topological polar surface area (TPSA) is 46.3 Å². The molecule has 3 rings (SSSR count). The summed E-state index contributed by atoms with van der Waals surface area (Å²) >= 11 is 0. The van der Waals surface area contributed by atoms with E-state index in [2.05, 4.69) is 12.1 Å². The SMILES string of the molecule is Cl.N[C@@H]1C[C@H]1c1ccc(C(=O)N2CCCCC2)cc1. The van der Waals surface area contributed by atoms with Crippen LogP contribution >= 0.6 is 12.4 Å². The molecular formula is C15H21ClN2O. The predicted octanol–water partition coefficient (Wildman–Crippen LogP) is 2.55. The van der Waals surface area contributed by atoms with E-state index in [9.17, 15) is 4.79 Å². The van der Waals surface area contributed by atoms with Crippen LogP contribution in [0, 0.1) is 0 Å². The first-order valence-electron chi connectivity index (χ1n) is 6.90. The highest BCUT2D eigenvalue weighted by Crippen LogP contribution is 2.38. The minimum atomic E-state index is 0. The van der Waals surface area contributed by atoms with Gasteiger partial charge in [0.25, 0.3) is 5.91 Å². The zero-order chi connectivity index (χ0) is 12.5. The van der Waals surface area contributed by atoms with Crippen LogP contribution in [-0.4, -0.2) is 29.9 Å². The molecule has 2 aliphatic rings. The van der Waals surface area contributed by atoms with Crippen molar-refractivity contribution in [2.24, 2.45) is 5.73 Å². The highest BCUT2D eigenvalue weighted by atomic mass is 35.5. The largest absolute Gasteiger partial charge is 0.339 e. The van der Waals surface area contributed by atoms with E-state index in [0.29, 0.717) is 12.0 Å². The van der Waals surface area contributed by atoms with E-state index in [1.807, 2.05) is 17.0 Å². The molecule has 1 heterocycles. The van der Waals surface area contributed by atoms with Crippen molar-refractivity contribution in [1.29, 1.82) is 0 Å². The molecule has 0 unspecified atom stereocenters. The average molecular weight is 281 g/mol. The summed E-state index contributed by atoms with van der Waals surface area (Å²) in [4.78, 5) is 14.2. The molecule has 1 amide bonds. The van der Waals surface area contributed by atoms with E-state index in [1.165, 1.54) is 12.0 Å². The average Bonchev–Trinajstić information content (AvgIpc) is 3.16. The fourth-order valence-corrected chi connectivity index (χ4v) is 2.75. The van der Waals surface area contributed by atoms with E-state index in [1.54, 1.807) is 0 Å². The van der Waals surface area contributed by atoms with Crippen LogP contribution in [0.15, 0.2) is 24.3 Å². The lowest BCUT2D eigenvalue weighted by molar-refractivity contribution is 0.0724. The molecule has 4 heteroatoms. The van der Waals surface area contributed by atoms with Crippen molar-refractivity contribution in [2.75, 3.05) is 13.1 Å². The van der Waals surface area contributed by atoms with E-state index >= 15 is 0 Å². The van der Waals surface area contributed by atoms with Crippen LogP contribution in [0.25, 0.3) is 0 Å². The number of piperidine rings is 1. The first-order valence-corrected chi connectivity index (χ1v) is 6.90. The van der Waals surface area contributed by atoms with E-state index in [0.717, 1.165) is 37.9 Å². The number of carbonyl (C=O) groups is 1. The van der Waals surface area contributed by atoms with Gasteiger partial charge in [-0.1, -0.05) is 12.1 Å². The van der Waals surface area contributed by atoms with E-state index < -0.39 is 0 Å². The third-order valence-corrected chi connectivity index (χ3v) is 4.07. The van der Waals surface area contributed by atoms with Crippen molar-refractivity contribution < 1.29 is 4.79 Å². The van der Waals surface area contributed by atoms with Gasteiger partial charge >= 0.3 is 0 Å². The smallest absolute Gasteiger partial charge is 0.253 e. The Balaban J connectivity index is 0.00000133. The summed E-state index contributed by atoms with van der Waals surface area (Å²) in [7, 11) is 0. The number of carbonyl (C=O) groups excluding carboxylic acids is 1. The molecule has 104 valence electrons. The van der Waals surface area contributed by atoms with Crippen molar-refractivity contribution in [1.82, 2.24) is 4.90 Å². The molecule has 1 aliphatic carbocycles. The second-order valence-corrected chi connectivity index (χ2v) is 5.48. The summed E-state index contributed by atoms with van der Waals surface area (Å²) in [6.07, 6.45) is 4.61. The molecule has 1 aromatic carbocycles. The molecular weight excluding hydrogens is 260 g/mol. The lowest BCUT2D eigenvalue weighted by Crippen LogP contribution is -2.35. The lowest BCUT2D eigenvalue weighted by atomic mass is 10.1. The van der Waals surface area contributed by atoms with Crippen molar-refractivity contribution in [3.8, 4) is 0 Å². The van der Waals surface area contributed by atoms with Gasteiger partial charge in [0, 0.05) is 30.6 Å². The normalized spacial score (nSPS) is 25.6. The first kappa shape index (κ1) is 14.4. The van der Waals surface area contributed by atoms with Crippen molar-refractivity contribution in [2.45, 2.75) is 37.6 Å². The van der Waals surface area contributed by atoms with Gasteiger partial charge in [-0.25, -0.2) is 0 Å². The molecule has 0 radical (unpaired) electrons. The Morgan fingerprint density at radius 3 is 2.21 bits per heavy atom. The Kier molecular flexibility index (Phi) is 4.48. The number of benzene rings is 1. The number of likely N-dealkylation sites (tertiary alicyclic amines) is 1. The fourth-order valence-electron chi connectivity index (χ4n) is 2.75. The summed E-state index contributed by atoms with van der Waals surface area (Å²) in [6, 6.07) is 8.37. The number of rotatable bonds is 2. The van der Waals surface area contributed by atoms with Crippen LogP contribution in [-0.2, 0) is 0 Å². The fraction of sp³-hybridized carbons (Fsp3) is 0.533.